The Morgan fingerprint density at radius 1 is 1.17 bits per heavy atom. The van der Waals surface area contributed by atoms with E-state index in [9.17, 15) is 14.9 Å². The van der Waals surface area contributed by atoms with Crippen LogP contribution in [-0.4, -0.2) is 24.9 Å². The van der Waals surface area contributed by atoms with E-state index >= 15 is 0 Å². The number of hydrogen-bond donors (Lipinski definition) is 2. The first kappa shape index (κ1) is 17.9. The molecule has 2 rings (SSSR count). The van der Waals surface area contributed by atoms with E-state index < -0.39 is 10.8 Å². The van der Waals surface area contributed by atoms with Crippen molar-refractivity contribution in [2.24, 2.45) is 0 Å². The highest BCUT2D eigenvalue weighted by atomic mass is 35.5. The number of amides is 1. The zero-order valence-electron chi connectivity index (χ0n) is 13.5. The van der Waals surface area contributed by atoms with Crippen LogP contribution in [-0.2, 0) is 13.1 Å². The van der Waals surface area contributed by atoms with Crippen LogP contribution in [0.25, 0.3) is 0 Å². The summed E-state index contributed by atoms with van der Waals surface area (Å²) in [6, 6.07) is 11.8. The maximum Gasteiger partial charge on any atom is 0.282 e. The van der Waals surface area contributed by atoms with Gasteiger partial charge in [-0.25, -0.2) is 0 Å². The van der Waals surface area contributed by atoms with Crippen LogP contribution in [0.15, 0.2) is 42.5 Å². The number of carbonyl (C=O) groups is 1. The Bertz CT molecular complexity index is 745. The summed E-state index contributed by atoms with van der Waals surface area (Å²) in [5.41, 5.74) is 1.82. The first-order valence-electron chi connectivity index (χ1n) is 7.46. The number of quaternary nitrogens is 1. The second kappa shape index (κ2) is 7.90. The number of nitrogens with zero attached hydrogens (tertiary/aromatic N) is 1. The summed E-state index contributed by atoms with van der Waals surface area (Å²) in [6.07, 6.45) is 0. The second-order valence-corrected chi connectivity index (χ2v) is 6.24. The zero-order valence-corrected chi connectivity index (χ0v) is 14.3. The van der Waals surface area contributed by atoms with Gasteiger partial charge in [0, 0.05) is 23.2 Å². The summed E-state index contributed by atoms with van der Waals surface area (Å²) in [6.45, 7) is 1.21. The maximum atomic E-state index is 12.2. The number of halogens is 1. The molecule has 24 heavy (non-hydrogen) atoms. The topological polar surface area (TPSA) is 76.7 Å². The summed E-state index contributed by atoms with van der Waals surface area (Å²) >= 11 is 5.84. The normalized spacial score (nSPS) is 10.7. The van der Waals surface area contributed by atoms with Gasteiger partial charge >= 0.3 is 0 Å². The van der Waals surface area contributed by atoms with E-state index in [1.165, 1.54) is 28.7 Å². The zero-order chi connectivity index (χ0) is 17.7. The molecular weight excluding hydrogens is 330 g/mol. The van der Waals surface area contributed by atoms with Crippen LogP contribution in [0.5, 0.6) is 0 Å². The molecule has 0 aliphatic rings. The minimum absolute atomic E-state index is 0.0414. The second-order valence-electron chi connectivity index (χ2n) is 5.80. The standard InChI is InChI=1S/C17H18ClN3O3/c1-20(2)11-13-5-3-12(4-6-13)10-19-17(22)15-9-14(18)7-8-16(15)21(23)24/h3-9H,10-11H2,1-2H3,(H,19,22)/p+1. The van der Waals surface area contributed by atoms with E-state index in [-0.39, 0.29) is 22.8 Å². The minimum atomic E-state index is -0.594. The molecule has 126 valence electrons. The van der Waals surface area contributed by atoms with Gasteiger partial charge < -0.3 is 10.2 Å². The average molecular weight is 349 g/mol. The van der Waals surface area contributed by atoms with Crippen molar-refractivity contribution >= 4 is 23.2 Å². The average Bonchev–Trinajstić information content (AvgIpc) is 2.53. The number of nitro benzene ring substituents is 1. The number of benzene rings is 2. The van der Waals surface area contributed by atoms with Crippen LogP contribution in [0.1, 0.15) is 21.5 Å². The fraction of sp³-hybridized carbons (Fsp3) is 0.235. The monoisotopic (exact) mass is 348 g/mol. The van der Waals surface area contributed by atoms with Gasteiger partial charge in [0.25, 0.3) is 11.6 Å². The molecule has 0 saturated heterocycles. The molecule has 0 saturated carbocycles. The van der Waals surface area contributed by atoms with Gasteiger partial charge in [0.05, 0.1) is 19.0 Å². The van der Waals surface area contributed by atoms with Gasteiger partial charge in [-0.15, -0.1) is 0 Å². The Labute approximate surface area is 145 Å². The Kier molecular flexibility index (Phi) is 5.89. The third kappa shape index (κ3) is 4.78. The van der Waals surface area contributed by atoms with Crippen LogP contribution >= 0.6 is 11.6 Å². The molecule has 2 N–H and O–H groups in total. The molecule has 2 aromatic rings. The molecular formula is C17H19ClN3O3+. The van der Waals surface area contributed by atoms with Crippen LogP contribution in [0, 0.1) is 10.1 Å². The van der Waals surface area contributed by atoms with Crippen molar-refractivity contribution in [1.82, 2.24) is 5.32 Å². The first-order chi connectivity index (χ1) is 11.4. The SMILES string of the molecule is C[NH+](C)Cc1ccc(CNC(=O)c2cc(Cl)ccc2[N+](=O)[O-])cc1. The molecule has 0 atom stereocenters. The Balaban J connectivity index is 2.06. The maximum absolute atomic E-state index is 12.2. The first-order valence-corrected chi connectivity index (χ1v) is 7.83. The van der Waals surface area contributed by atoms with Gasteiger partial charge in [-0.1, -0.05) is 35.9 Å². The molecule has 0 bridgehead atoms. The van der Waals surface area contributed by atoms with Gasteiger partial charge in [0.15, 0.2) is 0 Å². The summed E-state index contributed by atoms with van der Waals surface area (Å²) in [7, 11) is 4.15. The minimum Gasteiger partial charge on any atom is -0.348 e. The molecule has 7 heteroatoms. The Morgan fingerprint density at radius 2 is 1.79 bits per heavy atom. The Hall–Kier alpha value is -2.44. The fourth-order valence-corrected chi connectivity index (χ4v) is 2.48. The number of nitrogens with one attached hydrogen (secondary N) is 2. The summed E-state index contributed by atoms with van der Waals surface area (Å²) in [5.74, 6) is -0.522. The summed E-state index contributed by atoms with van der Waals surface area (Å²) in [5, 5.41) is 14.0. The molecule has 1 amide bonds. The van der Waals surface area contributed by atoms with E-state index in [4.69, 9.17) is 11.6 Å². The largest absolute Gasteiger partial charge is 0.348 e. The lowest BCUT2D eigenvalue weighted by Gasteiger charge is -2.09. The highest BCUT2D eigenvalue weighted by Gasteiger charge is 2.20. The molecule has 0 unspecified atom stereocenters. The van der Waals surface area contributed by atoms with E-state index in [0.29, 0.717) is 0 Å². The Morgan fingerprint density at radius 3 is 2.38 bits per heavy atom. The van der Waals surface area contributed by atoms with E-state index in [2.05, 4.69) is 19.4 Å². The molecule has 0 aromatic heterocycles. The van der Waals surface area contributed by atoms with Gasteiger partial charge in [-0.2, -0.15) is 0 Å². The van der Waals surface area contributed by atoms with Crippen molar-refractivity contribution in [2.75, 3.05) is 14.1 Å². The molecule has 0 fully saturated rings. The van der Waals surface area contributed by atoms with Crippen LogP contribution in [0.2, 0.25) is 5.02 Å². The van der Waals surface area contributed by atoms with Crippen molar-refractivity contribution in [1.29, 1.82) is 0 Å². The molecule has 0 radical (unpaired) electrons. The molecule has 6 nitrogen and oxygen atoms in total. The van der Waals surface area contributed by atoms with Gasteiger partial charge in [-0.3, -0.25) is 14.9 Å². The lowest BCUT2D eigenvalue weighted by Crippen LogP contribution is -3.04. The number of rotatable bonds is 6. The molecule has 0 aliphatic carbocycles. The number of hydrogen-bond acceptors (Lipinski definition) is 3. The molecule has 2 aromatic carbocycles. The third-order valence-corrected chi connectivity index (χ3v) is 3.67. The van der Waals surface area contributed by atoms with Crippen molar-refractivity contribution in [3.8, 4) is 0 Å². The van der Waals surface area contributed by atoms with Crippen LogP contribution in [0.4, 0.5) is 5.69 Å². The number of carbonyl (C=O) groups excluding carboxylic acids is 1. The third-order valence-electron chi connectivity index (χ3n) is 3.43. The van der Waals surface area contributed by atoms with E-state index in [1.807, 2.05) is 24.3 Å². The van der Waals surface area contributed by atoms with Gasteiger partial charge in [0.2, 0.25) is 0 Å². The van der Waals surface area contributed by atoms with Crippen molar-refractivity contribution in [2.45, 2.75) is 13.1 Å². The highest BCUT2D eigenvalue weighted by Crippen LogP contribution is 2.22. The van der Waals surface area contributed by atoms with E-state index in [0.717, 1.165) is 12.1 Å². The molecule has 0 heterocycles. The predicted molar refractivity (Wildman–Crippen MR) is 92.2 cm³/mol. The van der Waals surface area contributed by atoms with Crippen molar-refractivity contribution in [3.05, 3.63) is 74.3 Å². The van der Waals surface area contributed by atoms with Gasteiger partial charge in [-0.05, 0) is 17.7 Å². The summed E-state index contributed by atoms with van der Waals surface area (Å²) in [4.78, 5) is 24.0. The van der Waals surface area contributed by atoms with Crippen LogP contribution in [0.3, 0.4) is 0 Å². The smallest absolute Gasteiger partial charge is 0.282 e. The van der Waals surface area contributed by atoms with E-state index in [1.54, 1.807) is 0 Å². The van der Waals surface area contributed by atoms with Crippen LogP contribution < -0.4 is 10.2 Å². The van der Waals surface area contributed by atoms with Crippen molar-refractivity contribution < 1.29 is 14.6 Å². The predicted octanol–water partition coefficient (Wildman–Crippen LogP) is 1.82. The van der Waals surface area contributed by atoms with Crippen molar-refractivity contribution in [3.63, 3.8) is 0 Å². The number of nitro groups is 1. The quantitative estimate of drug-likeness (QED) is 0.617. The fourth-order valence-electron chi connectivity index (χ4n) is 2.31. The summed E-state index contributed by atoms with van der Waals surface area (Å²) < 4.78 is 0. The van der Waals surface area contributed by atoms with Gasteiger partial charge in [0.1, 0.15) is 12.1 Å². The highest BCUT2D eigenvalue weighted by molar-refractivity contribution is 6.31. The molecule has 0 aliphatic heterocycles. The molecule has 0 spiro atoms. The lowest BCUT2D eigenvalue weighted by atomic mass is 10.1. The lowest BCUT2D eigenvalue weighted by molar-refractivity contribution is -0.872.